The Morgan fingerprint density at radius 3 is 2.44 bits per heavy atom. The number of unbranched alkanes of at least 4 members (excludes halogenated alkanes) is 1. The van der Waals surface area contributed by atoms with Crippen LogP contribution in [0.4, 0.5) is 0 Å². The molecule has 0 aliphatic heterocycles. The van der Waals surface area contributed by atoms with E-state index in [-0.39, 0.29) is 29.5 Å². The third-order valence-electron chi connectivity index (χ3n) is 6.33. The summed E-state index contributed by atoms with van der Waals surface area (Å²) >= 11 is 0. The Labute approximate surface area is 203 Å². The molecule has 34 heavy (non-hydrogen) atoms. The van der Waals surface area contributed by atoms with Crippen LogP contribution in [-0.2, 0) is 4.79 Å². The fourth-order valence-corrected chi connectivity index (χ4v) is 4.48. The van der Waals surface area contributed by atoms with Crippen molar-refractivity contribution in [2.45, 2.75) is 71.3 Å². The smallest absolute Gasteiger partial charge is 0.273 e. The lowest BCUT2D eigenvalue weighted by atomic mass is 9.88. The standard InChI is InChI=1S/C27H40N4O3/c1-19(2)18-22(30-25(32)21-14-8-5-9-15-21)27-31-23(26(33)29-17-11-10-16-28-3)24(34-27)20-12-6-4-7-13-20/h4,6-7,12-13,19,21-22,28H,5,8-11,14-18H2,1-3H3,(H,29,33)(H,30,32)/t22-/m0/s1. The highest BCUT2D eigenvalue weighted by Crippen LogP contribution is 2.31. The first kappa shape index (κ1) is 25.9. The lowest BCUT2D eigenvalue weighted by Crippen LogP contribution is -2.35. The number of rotatable bonds is 12. The molecule has 1 aromatic heterocycles. The maximum absolute atomic E-state index is 13.1. The van der Waals surface area contributed by atoms with Crippen LogP contribution in [0.25, 0.3) is 11.3 Å². The molecule has 3 rings (SSSR count). The van der Waals surface area contributed by atoms with Crippen molar-refractivity contribution in [2.75, 3.05) is 20.1 Å². The van der Waals surface area contributed by atoms with Crippen LogP contribution in [0.1, 0.15) is 87.6 Å². The van der Waals surface area contributed by atoms with E-state index >= 15 is 0 Å². The Balaban J connectivity index is 1.83. The SMILES string of the molecule is CNCCCCNC(=O)c1nc([C@H](CC(C)C)NC(=O)C2CCCCC2)oc1-c1ccccc1. The van der Waals surface area contributed by atoms with Crippen LogP contribution in [0.2, 0.25) is 0 Å². The maximum Gasteiger partial charge on any atom is 0.273 e. The monoisotopic (exact) mass is 468 g/mol. The maximum atomic E-state index is 13.1. The van der Waals surface area contributed by atoms with Crippen molar-refractivity contribution in [3.8, 4) is 11.3 Å². The molecule has 1 aliphatic rings. The predicted molar refractivity (Wildman–Crippen MR) is 134 cm³/mol. The number of benzene rings is 1. The molecular weight excluding hydrogens is 428 g/mol. The first-order chi connectivity index (χ1) is 16.5. The molecule has 0 unspecified atom stereocenters. The number of oxazole rings is 1. The molecule has 1 saturated carbocycles. The fourth-order valence-electron chi connectivity index (χ4n) is 4.48. The number of carbonyl (C=O) groups is 2. The topological polar surface area (TPSA) is 96.3 Å². The summed E-state index contributed by atoms with van der Waals surface area (Å²) in [6.07, 6.45) is 7.82. The lowest BCUT2D eigenvalue weighted by Gasteiger charge is -2.24. The van der Waals surface area contributed by atoms with E-state index in [0.717, 1.165) is 50.6 Å². The van der Waals surface area contributed by atoms with Crippen LogP contribution >= 0.6 is 0 Å². The lowest BCUT2D eigenvalue weighted by molar-refractivity contribution is -0.127. The molecule has 1 atom stereocenters. The summed E-state index contributed by atoms with van der Waals surface area (Å²) in [5.41, 5.74) is 1.07. The van der Waals surface area contributed by atoms with Gasteiger partial charge in [-0.25, -0.2) is 4.98 Å². The van der Waals surface area contributed by atoms with E-state index in [1.807, 2.05) is 37.4 Å². The third-order valence-corrected chi connectivity index (χ3v) is 6.33. The minimum Gasteiger partial charge on any atom is -0.438 e. The van der Waals surface area contributed by atoms with Crippen LogP contribution in [0, 0.1) is 11.8 Å². The van der Waals surface area contributed by atoms with Gasteiger partial charge in [-0.3, -0.25) is 9.59 Å². The predicted octanol–water partition coefficient (Wildman–Crippen LogP) is 4.85. The van der Waals surface area contributed by atoms with Gasteiger partial charge < -0.3 is 20.4 Å². The van der Waals surface area contributed by atoms with Gasteiger partial charge in [0, 0.05) is 18.0 Å². The molecule has 1 aromatic carbocycles. The average Bonchev–Trinajstić information content (AvgIpc) is 3.30. The number of carbonyl (C=O) groups excluding carboxylic acids is 2. The van der Waals surface area contributed by atoms with Gasteiger partial charge in [-0.1, -0.05) is 63.4 Å². The summed E-state index contributed by atoms with van der Waals surface area (Å²) in [6.45, 7) is 5.71. The number of hydrogen-bond donors (Lipinski definition) is 3. The Kier molecular flexibility index (Phi) is 10.1. The van der Waals surface area contributed by atoms with Crippen molar-refractivity contribution in [1.82, 2.24) is 20.9 Å². The summed E-state index contributed by atoms with van der Waals surface area (Å²) in [5, 5.41) is 9.29. The minimum atomic E-state index is -0.367. The van der Waals surface area contributed by atoms with Gasteiger partial charge >= 0.3 is 0 Å². The van der Waals surface area contributed by atoms with Gasteiger partial charge in [-0.15, -0.1) is 0 Å². The van der Waals surface area contributed by atoms with Gasteiger partial charge in [0.25, 0.3) is 5.91 Å². The van der Waals surface area contributed by atoms with Crippen molar-refractivity contribution in [2.24, 2.45) is 11.8 Å². The van der Waals surface area contributed by atoms with Crippen LogP contribution in [-0.4, -0.2) is 36.9 Å². The van der Waals surface area contributed by atoms with E-state index in [9.17, 15) is 9.59 Å². The molecule has 2 amide bonds. The molecule has 1 heterocycles. The first-order valence-electron chi connectivity index (χ1n) is 12.8. The Morgan fingerprint density at radius 1 is 1.06 bits per heavy atom. The number of aromatic nitrogens is 1. The van der Waals surface area contributed by atoms with Crippen LogP contribution in [0.15, 0.2) is 34.7 Å². The molecule has 0 radical (unpaired) electrons. The molecule has 1 aliphatic carbocycles. The molecule has 0 spiro atoms. The largest absolute Gasteiger partial charge is 0.438 e. The zero-order valence-electron chi connectivity index (χ0n) is 20.9. The van der Waals surface area contributed by atoms with Gasteiger partial charge in [-0.05, 0) is 51.6 Å². The van der Waals surface area contributed by atoms with Crippen molar-refractivity contribution in [3.05, 3.63) is 41.9 Å². The van der Waals surface area contributed by atoms with Crippen LogP contribution in [0.5, 0.6) is 0 Å². The summed E-state index contributed by atoms with van der Waals surface area (Å²) in [7, 11) is 1.92. The van der Waals surface area contributed by atoms with Crippen molar-refractivity contribution >= 4 is 11.8 Å². The Bertz CT molecular complexity index is 904. The molecule has 0 bridgehead atoms. The summed E-state index contributed by atoms with van der Waals surface area (Å²) < 4.78 is 6.22. The van der Waals surface area contributed by atoms with Crippen molar-refractivity contribution < 1.29 is 14.0 Å². The molecule has 3 N–H and O–H groups in total. The number of nitrogens with zero attached hydrogens (tertiary/aromatic N) is 1. The van der Waals surface area contributed by atoms with E-state index in [1.165, 1.54) is 6.42 Å². The molecule has 1 fully saturated rings. The van der Waals surface area contributed by atoms with E-state index in [0.29, 0.717) is 30.5 Å². The number of nitrogens with one attached hydrogen (secondary N) is 3. The van der Waals surface area contributed by atoms with Crippen LogP contribution in [0.3, 0.4) is 0 Å². The second kappa shape index (κ2) is 13.3. The van der Waals surface area contributed by atoms with E-state index in [2.05, 4.69) is 34.8 Å². The van der Waals surface area contributed by atoms with Gasteiger partial charge in [-0.2, -0.15) is 0 Å². The van der Waals surface area contributed by atoms with Gasteiger partial charge in [0.1, 0.15) is 6.04 Å². The summed E-state index contributed by atoms with van der Waals surface area (Å²) in [4.78, 5) is 30.7. The quantitative estimate of drug-likeness (QED) is 0.387. The van der Waals surface area contributed by atoms with Gasteiger partial charge in [0.15, 0.2) is 11.5 Å². The highest BCUT2D eigenvalue weighted by Gasteiger charge is 2.30. The van der Waals surface area contributed by atoms with Crippen LogP contribution < -0.4 is 16.0 Å². The average molecular weight is 469 g/mol. The minimum absolute atomic E-state index is 0.0485. The summed E-state index contributed by atoms with van der Waals surface area (Å²) in [5.74, 6) is 1.04. The van der Waals surface area contributed by atoms with E-state index in [4.69, 9.17) is 4.42 Å². The molecule has 0 saturated heterocycles. The second-order valence-corrected chi connectivity index (χ2v) is 9.69. The van der Waals surface area contributed by atoms with E-state index in [1.54, 1.807) is 0 Å². The zero-order chi connectivity index (χ0) is 24.3. The molecule has 2 aromatic rings. The highest BCUT2D eigenvalue weighted by molar-refractivity contribution is 5.97. The molecule has 7 heteroatoms. The Hall–Kier alpha value is -2.67. The van der Waals surface area contributed by atoms with Gasteiger partial charge in [0.05, 0.1) is 0 Å². The van der Waals surface area contributed by atoms with Crippen molar-refractivity contribution in [1.29, 1.82) is 0 Å². The van der Waals surface area contributed by atoms with Gasteiger partial charge in [0.2, 0.25) is 11.8 Å². The molecule has 186 valence electrons. The second-order valence-electron chi connectivity index (χ2n) is 9.69. The molecular formula is C27H40N4O3. The van der Waals surface area contributed by atoms with Crippen molar-refractivity contribution in [3.63, 3.8) is 0 Å². The normalized spacial score (nSPS) is 15.3. The Morgan fingerprint density at radius 2 is 1.76 bits per heavy atom. The fraction of sp³-hybridized carbons (Fsp3) is 0.593. The summed E-state index contributed by atoms with van der Waals surface area (Å²) in [6, 6.07) is 9.20. The van der Waals surface area contributed by atoms with E-state index < -0.39 is 0 Å². The zero-order valence-corrected chi connectivity index (χ0v) is 20.9. The molecule has 7 nitrogen and oxygen atoms in total. The number of hydrogen-bond acceptors (Lipinski definition) is 5. The first-order valence-corrected chi connectivity index (χ1v) is 12.8. The highest BCUT2D eigenvalue weighted by atomic mass is 16.4. The number of amides is 2. The third kappa shape index (κ3) is 7.42.